The molecule has 100 valence electrons. The molecule has 0 saturated carbocycles. The van der Waals surface area contributed by atoms with Crippen LogP contribution < -0.4 is 5.32 Å². The number of ether oxygens (including phenoxy) is 1. The number of likely N-dealkylation sites (N-methyl/N-ethyl adjacent to an activating group) is 1. The van der Waals surface area contributed by atoms with E-state index in [1.165, 1.54) is 28.4 Å². The SMILES string of the molecule is COCCNCc1nc2c(s1)C1CCC(C2)N1C. The Labute approximate surface area is 112 Å². The molecule has 18 heavy (non-hydrogen) atoms. The molecule has 1 aromatic rings. The van der Waals surface area contributed by atoms with E-state index in [2.05, 4.69) is 17.3 Å². The maximum Gasteiger partial charge on any atom is 0.107 e. The molecular formula is C13H21N3OS. The lowest BCUT2D eigenvalue weighted by atomic mass is 10.1. The number of rotatable bonds is 5. The highest BCUT2D eigenvalue weighted by atomic mass is 32.1. The molecule has 3 heterocycles. The Hall–Kier alpha value is -0.490. The number of nitrogens with zero attached hydrogens (tertiary/aromatic N) is 2. The van der Waals surface area contributed by atoms with E-state index in [9.17, 15) is 0 Å². The van der Waals surface area contributed by atoms with Crippen molar-refractivity contribution in [1.82, 2.24) is 15.2 Å². The van der Waals surface area contributed by atoms with E-state index in [1.807, 2.05) is 11.3 Å². The van der Waals surface area contributed by atoms with Crippen LogP contribution in [0, 0.1) is 0 Å². The topological polar surface area (TPSA) is 37.4 Å². The van der Waals surface area contributed by atoms with Gasteiger partial charge in [-0.25, -0.2) is 4.98 Å². The van der Waals surface area contributed by atoms with E-state index in [-0.39, 0.29) is 0 Å². The summed E-state index contributed by atoms with van der Waals surface area (Å²) >= 11 is 1.90. The number of methoxy groups -OCH3 is 1. The number of thiazole rings is 1. The van der Waals surface area contributed by atoms with Crippen molar-refractivity contribution in [3.05, 3.63) is 15.6 Å². The van der Waals surface area contributed by atoms with Gasteiger partial charge in [0.15, 0.2) is 0 Å². The van der Waals surface area contributed by atoms with Crippen LogP contribution in [0.1, 0.15) is 34.5 Å². The predicted octanol–water partition coefficient (Wildman–Crippen LogP) is 1.57. The van der Waals surface area contributed by atoms with E-state index in [0.717, 1.165) is 32.2 Å². The zero-order valence-electron chi connectivity index (χ0n) is 11.1. The summed E-state index contributed by atoms with van der Waals surface area (Å²) in [5.74, 6) is 0. The minimum Gasteiger partial charge on any atom is -0.383 e. The number of aromatic nitrogens is 1. The van der Waals surface area contributed by atoms with E-state index < -0.39 is 0 Å². The monoisotopic (exact) mass is 267 g/mol. The second kappa shape index (κ2) is 5.25. The van der Waals surface area contributed by atoms with E-state index in [0.29, 0.717) is 6.04 Å². The predicted molar refractivity (Wildman–Crippen MR) is 72.9 cm³/mol. The largest absolute Gasteiger partial charge is 0.383 e. The fourth-order valence-corrected chi connectivity index (χ4v) is 4.31. The third kappa shape index (κ3) is 2.20. The second-order valence-electron chi connectivity index (χ2n) is 5.20. The summed E-state index contributed by atoms with van der Waals surface area (Å²) in [5.41, 5.74) is 1.37. The summed E-state index contributed by atoms with van der Waals surface area (Å²) < 4.78 is 5.03. The number of hydrogen-bond donors (Lipinski definition) is 1. The van der Waals surface area contributed by atoms with Gasteiger partial charge in [-0.15, -0.1) is 11.3 Å². The zero-order chi connectivity index (χ0) is 12.5. The first-order valence-electron chi connectivity index (χ1n) is 6.69. The van der Waals surface area contributed by atoms with Crippen LogP contribution in [0.5, 0.6) is 0 Å². The molecule has 0 spiro atoms. The van der Waals surface area contributed by atoms with E-state index in [1.54, 1.807) is 7.11 Å². The molecule has 2 aliphatic rings. The molecule has 2 bridgehead atoms. The Bertz CT molecular complexity index is 420. The van der Waals surface area contributed by atoms with Gasteiger partial charge in [-0.1, -0.05) is 0 Å². The van der Waals surface area contributed by atoms with Gasteiger partial charge >= 0.3 is 0 Å². The van der Waals surface area contributed by atoms with Crippen LogP contribution >= 0.6 is 11.3 Å². The summed E-state index contributed by atoms with van der Waals surface area (Å²) in [6.07, 6.45) is 3.80. The molecule has 0 aromatic carbocycles. The first-order chi connectivity index (χ1) is 8.79. The van der Waals surface area contributed by atoms with Gasteiger partial charge in [0.2, 0.25) is 0 Å². The van der Waals surface area contributed by atoms with E-state index in [4.69, 9.17) is 9.72 Å². The maximum absolute atomic E-state index is 5.03. The molecular weight excluding hydrogens is 246 g/mol. The highest BCUT2D eigenvalue weighted by Gasteiger charge is 2.39. The second-order valence-corrected chi connectivity index (χ2v) is 6.32. The molecule has 0 aliphatic carbocycles. The van der Waals surface area contributed by atoms with Gasteiger partial charge in [0.1, 0.15) is 5.01 Å². The quantitative estimate of drug-likeness (QED) is 0.822. The standard InChI is InChI=1S/C13H21N3OS/c1-16-9-3-4-11(16)13-10(7-9)15-12(18-13)8-14-5-6-17-2/h9,11,14H,3-8H2,1-2H3. The van der Waals surface area contributed by atoms with Crippen LogP contribution in [-0.2, 0) is 17.7 Å². The molecule has 0 radical (unpaired) electrons. The smallest absolute Gasteiger partial charge is 0.107 e. The lowest BCUT2D eigenvalue weighted by Crippen LogP contribution is -2.33. The van der Waals surface area contributed by atoms with Gasteiger partial charge < -0.3 is 10.1 Å². The molecule has 3 rings (SSSR count). The van der Waals surface area contributed by atoms with Gasteiger partial charge in [-0.05, 0) is 19.9 Å². The molecule has 1 saturated heterocycles. The average Bonchev–Trinajstić information content (AvgIpc) is 2.87. The number of nitrogens with one attached hydrogen (secondary N) is 1. The molecule has 1 aromatic heterocycles. The van der Waals surface area contributed by atoms with Crippen LogP contribution in [0.15, 0.2) is 0 Å². The van der Waals surface area contributed by atoms with Gasteiger partial charge in [-0.3, -0.25) is 4.90 Å². The Morgan fingerprint density at radius 3 is 3.22 bits per heavy atom. The van der Waals surface area contributed by atoms with Crippen LogP contribution in [-0.4, -0.2) is 43.2 Å². The van der Waals surface area contributed by atoms with Crippen molar-refractivity contribution in [1.29, 1.82) is 0 Å². The molecule has 1 fully saturated rings. The van der Waals surface area contributed by atoms with Crippen LogP contribution in [0.4, 0.5) is 0 Å². The Morgan fingerprint density at radius 1 is 1.50 bits per heavy atom. The van der Waals surface area contributed by atoms with Gasteiger partial charge in [0.25, 0.3) is 0 Å². The lowest BCUT2D eigenvalue weighted by molar-refractivity contribution is 0.199. The van der Waals surface area contributed by atoms with Crippen molar-refractivity contribution >= 4 is 11.3 Å². The first kappa shape index (κ1) is 12.5. The molecule has 5 heteroatoms. The maximum atomic E-state index is 5.03. The molecule has 1 N–H and O–H groups in total. The van der Waals surface area contributed by atoms with E-state index >= 15 is 0 Å². The number of hydrogen-bond acceptors (Lipinski definition) is 5. The van der Waals surface area contributed by atoms with Crippen molar-refractivity contribution in [2.45, 2.75) is 37.9 Å². The molecule has 2 unspecified atom stereocenters. The minimum absolute atomic E-state index is 0.643. The normalized spacial score (nSPS) is 26.6. The third-order valence-corrected chi connectivity index (χ3v) is 5.30. The molecule has 0 amide bonds. The fraction of sp³-hybridized carbons (Fsp3) is 0.769. The van der Waals surface area contributed by atoms with Crippen molar-refractivity contribution < 1.29 is 4.74 Å². The van der Waals surface area contributed by atoms with Crippen molar-refractivity contribution in [2.75, 3.05) is 27.3 Å². The first-order valence-corrected chi connectivity index (χ1v) is 7.51. The molecule has 4 nitrogen and oxygen atoms in total. The van der Waals surface area contributed by atoms with Gasteiger partial charge in [-0.2, -0.15) is 0 Å². The van der Waals surface area contributed by atoms with Gasteiger partial charge in [0, 0.05) is 43.6 Å². The fourth-order valence-electron chi connectivity index (χ4n) is 3.06. The van der Waals surface area contributed by atoms with Crippen LogP contribution in [0.3, 0.4) is 0 Å². The third-order valence-electron chi connectivity index (χ3n) is 4.10. The highest BCUT2D eigenvalue weighted by molar-refractivity contribution is 7.11. The lowest BCUT2D eigenvalue weighted by Gasteiger charge is -2.29. The number of fused-ring (bicyclic) bond motifs is 4. The summed E-state index contributed by atoms with van der Waals surface area (Å²) in [5, 5.41) is 4.61. The Morgan fingerprint density at radius 2 is 2.39 bits per heavy atom. The van der Waals surface area contributed by atoms with Crippen LogP contribution in [0.25, 0.3) is 0 Å². The Balaban J connectivity index is 1.66. The van der Waals surface area contributed by atoms with Crippen molar-refractivity contribution in [2.24, 2.45) is 0 Å². The highest BCUT2D eigenvalue weighted by Crippen LogP contribution is 2.44. The van der Waals surface area contributed by atoms with Crippen molar-refractivity contribution in [3.63, 3.8) is 0 Å². The average molecular weight is 267 g/mol. The Kier molecular flexibility index (Phi) is 3.66. The van der Waals surface area contributed by atoms with Gasteiger partial charge in [0.05, 0.1) is 12.3 Å². The molecule has 2 atom stereocenters. The summed E-state index contributed by atoms with van der Waals surface area (Å²) in [6, 6.07) is 1.38. The molecule has 2 aliphatic heterocycles. The minimum atomic E-state index is 0.643. The summed E-state index contributed by atoms with van der Waals surface area (Å²) in [7, 11) is 4.00. The summed E-state index contributed by atoms with van der Waals surface area (Å²) in [6.45, 7) is 2.54. The summed E-state index contributed by atoms with van der Waals surface area (Å²) in [4.78, 5) is 8.88. The van der Waals surface area contributed by atoms with Crippen molar-refractivity contribution in [3.8, 4) is 0 Å². The van der Waals surface area contributed by atoms with Crippen LogP contribution in [0.2, 0.25) is 0 Å². The zero-order valence-corrected chi connectivity index (χ0v) is 11.9.